The lowest BCUT2D eigenvalue weighted by atomic mass is 10.0. The lowest BCUT2D eigenvalue weighted by Crippen LogP contribution is -2.28. The first-order valence-electron chi connectivity index (χ1n) is 10.2. The Bertz CT molecular complexity index is 1240. The summed E-state index contributed by atoms with van der Waals surface area (Å²) in [6, 6.07) is 15.8. The minimum absolute atomic E-state index is 0.0889. The van der Waals surface area contributed by atoms with Crippen LogP contribution in [-0.2, 0) is 13.0 Å². The van der Waals surface area contributed by atoms with Gasteiger partial charge < -0.3 is 19.3 Å². The van der Waals surface area contributed by atoms with Crippen LogP contribution in [0.25, 0.3) is 0 Å². The molecular formula is C25H24N2O6. The van der Waals surface area contributed by atoms with Crippen LogP contribution >= 0.6 is 0 Å². The molecule has 8 heteroatoms. The zero-order valence-corrected chi connectivity index (χ0v) is 18.6. The summed E-state index contributed by atoms with van der Waals surface area (Å²) in [6.07, 6.45) is 0.404. The van der Waals surface area contributed by atoms with E-state index in [0.29, 0.717) is 23.7 Å². The lowest BCUT2D eigenvalue weighted by Gasteiger charge is -2.16. The summed E-state index contributed by atoms with van der Waals surface area (Å²) in [5, 5.41) is 20.3. The summed E-state index contributed by atoms with van der Waals surface area (Å²) in [5.74, 6) is 0.758. The molecule has 1 heterocycles. The van der Waals surface area contributed by atoms with Crippen molar-refractivity contribution in [2.45, 2.75) is 19.9 Å². The van der Waals surface area contributed by atoms with Gasteiger partial charge in [-0.3, -0.25) is 14.2 Å². The Morgan fingerprint density at radius 2 is 1.55 bits per heavy atom. The van der Waals surface area contributed by atoms with E-state index in [1.54, 1.807) is 50.6 Å². The van der Waals surface area contributed by atoms with E-state index in [-0.39, 0.29) is 29.8 Å². The number of Topliss-reactive ketones (excluding diaryl/α,β-unsaturated/α-hetero) is 1. The predicted octanol–water partition coefficient (Wildman–Crippen LogP) is 3.26. The summed E-state index contributed by atoms with van der Waals surface area (Å²) in [6.45, 7) is 1.18. The summed E-state index contributed by atoms with van der Waals surface area (Å²) < 4.78 is 16.8. The molecule has 3 aromatic rings. The number of aryl methyl sites for hydroxylation is 1. The number of methoxy groups -OCH3 is 2. The van der Waals surface area contributed by atoms with E-state index in [2.05, 4.69) is 0 Å². The molecule has 0 bridgehead atoms. The van der Waals surface area contributed by atoms with Crippen molar-refractivity contribution in [3.63, 3.8) is 0 Å². The van der Waals surface area contributed by atoms with Crippen molar-refractivity contribution < 1.29 is 24.1 Å². The number of nitriles is 1. The Balaban J connectivity index is 1.86. The maximum atomic E-state index is 12.9. The molecule has 0 spiro atoms. The van der Waals surface area contributed by atoms with Gasteiger partial charge in [-0.05, 0) is 60.9 Å². The van der Waals surface area contributed by atoms with Crippen LogP contribution in [0.15, 0.2) is 53.3 Å². The second-order valence-electron chi connectivity index (χ2n) is 7.25. The summed E-state index contributed by atoms with van der Waals surface area (Å²) in [7, 11) is 3.11. The van der Waals surface area contributed by atoms with Crippen molar-refractivity contribution in [3.05, 3.63) is 81.1 Å². The van der Waals surface area contributed by atoms with Gasteiger partial charge in [-0.25, -0.2) is 0 Å². The molecule has 0 aliphatic heterocycles. The minimum Gasteiger partial charge on any atom is -0.497 e. The molecule has 2 aromatic carbocycles. The minimum atomic E-state index is -0.645. The van der Waals surface area contributed by atoms with Crippen LogP contribution in [0.4, 0.5) is 0 Å². The van der Waals surface area contributed by atoms with Gasteiger partial charge in [0, 0.05) is 6.54 Å². The monoisotopic (exact) mass is 448 g/mol. The fraction of sp³-hybridized carbons (Fsp3) is 0.240. The number of ketones is 1. The van der Waals surface area contributed by atoms with Gasteiger partial charge in [0.15, 0.2) is 6.61 Å². The molecule has 33 heavy (non-hydrogen) atoms. The molecule has 0 radical (unpaired) electrons. The van der Waals surface area contributed by atoms with Crippen LogP contribution in [0.2, 0.25) is 0 Å². The van der Waals surface area contributed by atoms with E-state index in [1.165, 1.54) is 6.92 Å². The zero-order valence-electron chi connectivity index (χ0n) is 18.6. The Hall–Kier alpha value is -4.25. The first-order valence-corrected chi connectivity index (χ1v) is 10.2. The van der Waals surface area contributed by atoms with Gasteiger partial charge in [0.05, 0.1) is 19.8 Å². The van der Waals surface area contributed by atoms with Gasteiger partial charge in [-0.2, -0.15) is 5.26 Å². The van der Waals surface area contributed by atoms with Crippen LogP contribution in [0.5, 0.6) is 23.1 Å². The molecule has 0 saturated heterocycles. The Kier molecular flexibility index (Phi) is 7.36. The van der Waals surface area contributed by atoms with Crippen molar-refractivity contribution in [1.29, 1.82) is 5.26 Å². The summed E-state index contributed by atoms with van der Waals surface area (Å²) in [4.78, 5) is 25.7. The van der Waals surface area contributed by atoms with Gasteiger partial charge in [-0.15, -0.1) is 0 Å². The molecule has 1 aromatic heterocycles. The molecule has 170 valence electrons. The highest BCUT2D eigenvalue weighted by Gasteiger charge is 2.24. The molecule has 0 atom stereocenters. The third-order valence-electron chi connectivity index (χ3n) is 5.29. The van der Waals surface area contributed by atoms with E-state index in [0.717, 1.165) is 10.1 Å². The molecule has 0 fully saturated rings. The Morgan fingerprint density at radius 3 is 2.09 bits per heavy atom. The van der Waals surface area contributed by atoms with E-state index in [4.69, 9.17) is 14.2 Å². The molecule has 0 saturated carbocycles. The molecule has 8 nitrogen and oxygen atoms in total. The summed E-state index contributed by atoms with van der Waals surface area (Å²) >= 11 is 0. The van der Waals surface area contributed by atoms with Crippen LogP contribution in [0, 0.1) is 18.3 Å². The quantitative estimate of drug-likeness (QED) is 0.500. The third-order valence-corrected chi connectivity index (χ3v) is 5.29. The van der Waals surface area contributed by atoms with E-state index >= 15 is 0 Å². The van der Waals surface area contributed by atoms with Crippen molar-refractivity contribution in [2.75, 3.05) is 20.8 Å². The number of ether oxygens (including phenoxy) is 3. The molecule has 1 N–H and O–H groups in total. The maximum Gasteiger partial charge on any atom is 0.271 e. The van der Waals surface area contributed by atoms with Crippen LogP contribution < -0.4 is 19.8 Å². The molecule has 0 amide bonds. The highest BCUT2D eigenvalue weighted by molar-refractivity contribution is 6.01. The van der Waals surface area contributed by atoms with Crippen molar-refractivity contribution in [3.8, 4) is 29.2 Å². The number of benzene rings is 2. The summed E-state index contributed by atoms with van der Waals surface area (Å²) in [5.41, 5.74) is 0.0966. The van der Waals surface area contributed by atoms with Gasteiger partial charge in [0.25, 0.3) is 5.56 Å². The highest BCUT2D eigenvalue weighted by Crippen LogP contribution is 2.24. The average Bonchev–Trinajstić information content (AvgIpc) is 2.83. The van der Waals surface area contributed by atoms with Gasteiger partial charge in [0.2, 0.25) is 11.7 Å². The van der Waals surface area contributed by atoms with E-state index in [1.807, 2.05) is 18.2 Å². The Morgan fingerprint density at radius 1 is 1.00 bits per heavy atom. The molecule has 3 rings (SSSR count). The number of nitrogens with zero attached hydrogens (tertiary/aromatic N) is 2. The maximum absolute atomic E-state index is 12.9. The number of hydrogen-bond acceptors (Lipinski definition) is 7. The van der Waals surface area contributed by atoms with E-state index in [9.17, 15) is 20.0 Å². The lowest BCUT2D eigenvalue weighted by molar-refractivity contribution is 0.0916. The number of hydrogen-bond donors (Lipinski definition) is 1. The topological polar surface area (TPSA) is 111 Å². The largest absolute Gasteiger partial charge is 0.497 e. The van der Waals surface area contributed by atoms with Gasteiger partial charge in [0.1, 0.15) is 28.9 Å². The normalized spacial score (nSPS) is 10.4. The predicted molar refractivity (Wildman–Crippen MR) is 121 cm³/mol. The van der Waals surface area contributed by atoms with Crippen molar-refractivity contribution in [1.82, 2.24) is 4.57 Å². The number of aromatic nitrogens is 1. The number of carbonyl (C=O) groups excluding carboxylic acids is 1. The third kappa shape index (κ3) is 5.15. The zero-order chi connectivity index (χ0) is 24.0. The first-order chi connectivity index (χ1) is 15.9. The smallest absolute Gasteiger partial charge is 0.271 e. The molecule has 0 aliphatic rings. The van der Waals surface area contributed by atoms with Crippen LogP contribution in [-0.4, -0.2) is 36.3 Å². The second-order valence-corrected chi connectivity index (χ2v) is 7.25. The fourth-order valence-corrected chi connectivity index (χ4v) is 3.42. The van der Waals surface area contributed by atoms with Crippen molar-refractivity contribution in [2.24, 2.45) is 0 Å². The molecule has 0 aliphatic carbocycles. The average molecular weight is 448 g/mol. The molecular weight excluding hydrogens is 424 g/mol. The van der Waals surface area contributed by atoms with Gasteiger partial charge >= 0.3 is 0 Å². The standard InChI is InChI=1S/C25H24N2O6/c1-16-21(14-26)24(29)27(13-12-17-4-6-18(31-2)7-5-17)25(30)23(16)22(28)15-33-20-10-8-19(32-3)9-11-20/h4-11,30H,12-13,15H2,1-3H3. The highest BCUT2D eigenvalue weighted by atomic mass is 16.5. The second kappa shape index (κ2) is 10.4. The molecule has 0 unspecified atom stereocenters. The fourth-order valence-electron chi connectivity index (χ4n) is 3.42. The van der Waals surface area contributed by atoms with Crippen molar-refractivity contribution >= 4 is 5.78 Å². The number of aromatic hydroxyl groups is 1. The first kappa shape index (κ1) is 23.4. The number of carbonyl (C=O) groups is 1. The SMILES string of the molecule is COc1ccc(CCn2c(O)c(C(=O)COc3ccc(OC)cc3)c(C)c(C#N)c2=O)cc1. The number of rotatable bonds is 9. The van der Waals surface area contributed by atoms with Crippen LogP contribution in [0.1, 0.15) is 27.0 Å². The van der Waals surface area contributed by atoms with Gasteiger partial charge in [-0.1, -0.05) is 12.1 Å². The van der Waals surface area contributed by atoms with Crippen LogP contribution in [0.3, 0.4) is 0 Å². The van der Waals surface area contributed by atoms with E-state index < -0.39 is 17.2 Å². The Labute approximate surface area is 191 Å². The number of pyridine rings is 1.